The molecule has 3 aromatic rings. The Labute approximate surface area is 191 Å². The lowest BCUT2D eigenvalue weighted by Crippen LogP contribution is -2.25. The topological polar surface area (TPSA) is 125 Å². The number of hydrogen-bond acceptors (Lipinski definition) is 8. The Balaban J connectivity index is 1.57. The van der Waals surface area contributed by atoms with Crippen molar-refractivity contribution in [3.63, 3.8) is 0 Å². The summed E-state index contributed by atoms with van der Waals surface area (Å²) < 4.78 is 9.18. The Kier molecular flexibility index (Phi) is 7.08. The molecule has 1 aliphatic heterocycles. The van der Waals surface area contributed by atoms with Crippen LogP contribution in [0.4, 0.5) is 11.6 Å². The number of ether oxygens (including phenoxy) is 1. The van der Waals surface area contributed by atoms with Crippen molar-refractivity contribution in [2.45, 2.75) is 39.2 Å². The number of amides is 1. The maximum Gasteiger partial charge on any atom is 0.229 e. The Bertz CT molecular complexity index is 1190. The van der Waals surface area contributed by atoms with E-state index in [1.165, 1.54) is 0 Å². The quantitative estimate of drug-likeness (QED) is 0.537. The molecule has 172 valence electrons. The van der Waals surface area contributed by atoms with Gasteiger partial charge >= 0.3 is 0 Å². The van der Waals surface area contributed by atoms with Crippen LogP contribution in [-0.2, 0) is 16.1 Å². The van der Waals surface area contributed by atoms with Crippen molar-refractivity contribution in [2.75, 3.05) is 18.5 Å². The maximum absolute atomic E-state index is 12.0. The summed E-state index contributed by atoms with van der Waals surface area (Å²) in [6.07, 6.45) is 13.5. The largest absolute Gasteiger partial charge is 0.494 e. The van der Waals surface area contributed by atoms with Crippen molar-refractivity contribution in [3.8, 4) is 0 Å². The molecule has 11 nitrogen and oxygen atoms in total. The van der Waals surface area contributed by atoms with Crippen molar-refractivity contribution in [3.05, 3.63) is 49.2 Å². The number of hydrogen-bond donors (Lipinski definition) is 2. The summed E-state index contributed by atoms with van der Waals surface area (Å²) in [5.41, 5.74) is 2.44. The lowest BCUT2D eigenvalue weighted by atomic mass is 10.2. The van der Waals surface area contributed by atoms with Gasteiger partial charge in [-0.05, 0) is 44.4 Å². The molecule has 0 unspecified atom stereocenters. The standard InChI is InChI=1S/C22H27N9O2/c1-3-18-9-8-16(2)31-21-19(28-29-31)14-24-22(27-21)26-17-13-25-30(15-17)11-6-10-23-20(32)7-4-5-12-33-18/h3,8-9,13-15H,2,4-7,10-12H2,1H3,(H,23,32)(H,24,26,27). The fourth-order valence-corrected chi connectivity index (χ4v) is 3.27. The summed E-state index contributed by atoms with van der Waals surface area (Å²) in [5, 5.41) is 18.7. The van der Waals surface area contributed by atoms with Crippen molar-refractivity contribution < 1.29 is 9.53 Å². The first kappa shape index (κ1) is 22.2. The average molecular weight is 450 g/mol. The van der Waals surface area contributed by atoms with Gasteiger partial charge in [0.15, 0.2) is 11.2 Å². The lowest BCUT2D eigenvalue weighted by molar-refractivity contribution is -0.121. The van der Waals surface area contributed by atoms with Gasteiger partial charge in [-0.2, -0.15) is 14.8 Å². The zero-order chi connectivity index (χ0) is 23.0. The molecule has 33 heavy (non-hydrogen) atoms. The summed E-state index contributed by atoms with van der Waals surface area (Å²) in [5.74, 6) is 1.16. The molecule has 4 heterocycles. The van der Waals surface area contributed by atoms with Gasteiger partial charge in [0.25, 0.3) is 0 Å². The highest BCUT2D eigenvalue weighted by Gasteiger charge is 2.11. The zero-order valence-corrected chi connectivity index (χ0v) is 18.6. The molecule has 11 heteroatoms. The first-order valence-corrected chi connectivity index (χ1v) is 10.9. The van der Waals surface area contributed by atoms with Gasteiger partial charge in [0, 0.05) is 25.7 Å². The Morgan fingerprint density at radius 3 is 3.00 bits per heavy atom. The van der Waals surface area contributed by atoms with E-state index in [4.69, 9.17) is 4.74 Å². The van der Waals surface area contributed by atoms with Crippen LogP contribution in [0.2, 0.25) is 0 Å². The highest BCUT2D eigenvalue weighted by molar-refractivity contribution is 5.76. The minimum atomic E-state index is 0.0543. The van der Waals surface area contributed by atoms with Gasteiger partial charge in [-0.25, -0.2) is 4.98 Å². The van der Waals surface area contributed by atoms with Gasteiger partial charge in [0.1, 0.15) is 5.76 Å². The molecular formula is C22H27N9O2. The third kappa shape index (κ3) is 5.82. The number of nitrogens with one attached hydrogen (secondary N) is 2. The van der Waals surface area contributed by atoms with Crippen molar-refractivity contribution in [1.29, 1.82) is 0 Å². The van der Waals surface area contributed by atoms with Crippen LogP contribution < -0.4 is 10.6 Å². The molecule has 1 amide bonds. The number of aryl methyl sites for hydroxylation is 1. The summed E-state index contributed by atoms with van der Waals surface area (Å²) in [4.78, 5) is 20.9. The van der Waals surface area contributed by atoms with Crippen molar-refractivity contribution >= 4 is 34.4 Å². The number of carbonyl (C=O) groups excluding carboxylic acids is 1. The lowest BCUT2D eigenvalue weighted by Gasteiger charge is -2.08. The second kappa shape index (κ2) is 10.5. The molecule has 1 aliphatic rings. The summed E-state index contributed by atoms with van der Waals surface area (Å²) in [7, 11) is 0. The van der Waals surface area contributed by atoms with E-state index in [0.29, 0.717) is 54.7 Å². The van der Waals surface area contributed by atoms with Gasteiger partial charge in [0.2, 0.25) is 11.9 Å². The van der Waals surface area contributed by atoms with E-state index in [2.05, 4.69) is 42.6 Å². The molecule has 0 saturated heterocycles. The van der Waals surface area contributed by atoms with Gasteiger partial charge in [-0.15, -0.1) is 5.10 Å². The molecule has 0 aliphatic carbocycles. The Morgan fingerprint density at radius 1 is 1.21 bits per heavy atom. The number of anilines is 2. The Hall–Kier alpha value is -4.02. The van der Waals surface area contributed by atoms with E-state index < -0.39 is 0 Å². The number of rotatable bonds is 0. The van der Waals surface area contributed by atoms with E-state index in [-0.39, 0.29) is 5.91 Å². The van der Waals surface area contributed by atoms with E-state index >= 15 is 0 Å². The van der Waals surface area contributed by atoms with Gasteiger partial charge < -0.3 is 15.4 Å². The number of nitrogens with zero attached hydrogens (tertiary/aromatic N) is 7. The van der Waals surface area contributed by atoms with E-state index in [1.54, 1.807) is 23.2 Å². The van der Waals surface area contributed by atoms with Crippen molar-refractivity contribution in [1.82, 2.24) is 40.1 Å². The number of allylic oxidation sites excluding steroid dienone is 4. The molecule has 0 radical (unpaired) electrons. The van der Waals surface area contributed by atoms with Crippen LogP contribution in [0.5, 0.6) is 0 Å². The van der Waals surface area contributed by atoms with E-state index in [9.17, 15) is 4.79 Å². The third-order valence-electron chi connectivity index (χ3n) is 5.03. The first-order valence-electron chi connectivity index (χ1n) is 10.9. The molecule has 0 saturated carbocycles. The first-order chi connectivity index (χ1) is 16.1. The van der Waals surface area contributed by atoms with Crippen LogP contribution >= 0.6 is 0 Å². The zero-order valence-electron chi connectivity index (χ0n) is 18.6. The van der Waals surface area contributed by atoms with Gasteiger partial charge in [-0.1, -0.05) is 11.8 Å². The molecule has 0 fully saturated rings. The predicted octanol–water partition coefficient (Wildman–Crippen LogP) is 2.80. The van der Waals surface area contributed by atoms with Crippen LogP contribution in [0.3, 0.4) is 0 Å². The Morgan fingerprint density at radius 2 is 2.12 bits per heavy atom. The highest BCUT2D eigenvalue weighted by atomic mass is 16.5. The molecule has 4 rings (SSSR count). The van der Waals surface area contributed by atoms with Crippen LogP contribution in [0.1, 0.15) is 32.6 Å². The smallest absolute Gasteiger partial charge is 0.229 e. The summed E-state index contributed by atoms with van der Waals surface area (Å²) >= 11 is 0. The van der Waals surface area contributed by atoms with Gasteiger partial charge in [-0.3, -0.25) is 9.48 Å². The molecule has 4 bridgehead atoms. The average Bonchev–Trinajstić information content (AvgIpc) is 3.44. The predicted molar refractivity (Wildman–Crippen MR) is 124 cm³/mol. The second-order valence-electron chi connectivity index (χ2n) is 7.55. The summed E-state index contributed by atoms with van der Waals surface area (Å²) in [6, 6.07) is 0. The molecule has 0 aromatic carbocycles. The maximum atomic E-state index is 12.0. The molecule has 0 atom stereocenters. The SMILES string of the molecule is C=C1C=CC(=CC)OCCCCC(=O)NCCCn2cc(cn2)Nc2ncc3nnn1c3n2. The monoisotopic (exact) mass is 449 g/mol. The van der Waals surface area contributed by atoms with Gasteiger partial charge in [0.05, 0.1) is 30.4 Å². The normalized spacial score (nSPS) is 17.8. The molecular weight excluding hydrogens is 422 g/mol. The van der Waals surface area contributed by atoms with E-state index in [0.717, 1.165) is 24.9 Å². The van der Waals surface area contributed by atoms with Crippen LogP contribution in [0.25, 0.3) is 16.9 Å². The second-order valence-corrected chi connectivity index (χ2v) is 7.55. The molecule has 0 spiro atoms. The minimum Gasteiger partial charge on any atom is -0.494 e. The fraction of sp³-hybridized carbons (Fsp3) is 0.364. The molecule has 3 aromatic heterocycles. The number of carbonyl (C=O) groups is 1. The van der Waals surface area contributed by atoms with Crippen LogP contribution in [0.15, 0.2) is 49.2 Å². The molecule has 2 N–H and O–H groups in total. The number of aromatic nitrogens is 7. The number of fused-ring (bicyclic) bond motifs is 3. The van der Waals surface area contributed by atoms with Crippen LogP contribution in [0, 0.1) is 0 Å². The van der Waals surface area contributed by atoms with Crippen molar-refractivity contribution in [2.24, 2.45) is 0 Å². The summed E-state index contributed by atoms with van der Waals surface area (Å²) in [6.45, 7) is 7.80. The minimum absolute atomic E-state index is 0.0543. The highest BCUT2D eigenvalue weighted by Crippen LogP contribution is 2.17. The third-order valence-corrected chi connectivity index (χ3v) is 5.03. The van der Waals surface area contributed by atoms with E-state index in [1.807, 2.05) is 30.0 Å². The van der Waals surface area contributed by atoms with Crippen LogP contribution in [-0.4, -0.2) is 53.8 Å². The fourth-order valence-electron chi connectivity index (χ4n) is 3.27.